The smallest absolute Gasteiger partial charge is 0.169 e. The molecule has 3 rings (SSSR count). The van der Waals surface area contributed by atoms with Crippen molar-refractivity contribution in [3.05, 3.63) is 53.6 Å². The number of para-hydroxylation sites is 2. The second-order valence-electron chi connectivity index (χ2n) is 7.22. The molecule has 0 bridgehead atoms. The summed E-state index contributed by atoms with van der Waals surface area (Å²) in [6, 6.07) is 14.1. The fraction of sp³-hybridized carbons (Fsp3) is 0.409. The number of imidazole rings is 1. The summed E-state index contributed by atoms with van der Waals surface area (Å²) in [5, 5.41) is 19.9. The molecule has 0 amide bonds. The molecule has 1 aromatic heterocycles. The number of fused-ring (bicyclic) bond motifs is 1. The molecule has 0 spiro atoms. The predicted octanol–water partition coefficient (Wildman–Crippen LogP) is 3.99. The Labute approximate surface area is 170 Å². The quantitative estimate of drug-likeness (QED) is 0.420. The molecule has 0 saturated carbocycles. The highest BCUT2D eigenvalue weighted by molar-refractivity contribution is 7.99. The summed E-state index contributed by atoms with van der Waals surface area (Å²) < 4.78 is 8.01. The van der Waals surface area contributed by atoms with E-state index >= 15 is 0 Å². The Morgan fingerprint density at radius 3 is 2.71 bits per heavy atom. The molecule has 150 valence electrons. The molecule has 0 aliphatic heterocycles. The van der Waals surface area contributed by atoms with Crippen molar-refractivity contribution in [1.29, 1.82) is 0 Å². The molecule has 1 atom stereocenters. The molecular formula is C22H28N2O3S. The van der Waals surface area contributed by atoms with E-state index in [2.05, 4.69) is 37.9 Å². The number of hydrogen-bond acceptors (Lipinski definition) is 5. The molecule has 1 heterocycles. The zero-order valence-corrected chi connectivity index (χ0v) is 17.4. The minimum Gasteiger partial charge on any atom is -0.492 e. The molecule has 0 aliphatic carbocycles. The summed E-state index contributed by atoms with van der Waals surface area (Å²) in [5.41, 5.74) is 4.31. The number of aryl methyl sites for hydroxylation is 1. The van der Waals surface area contributed by atoms with Crippen LogP contribution in [0.5, 0.6) is 5.75 Å². The highest BCUT2D eigenvalue weighted by Gasteiger charge is 2.14. The van der Waals surface area contributed by atoms with E-state index in [4.69, 9.17) is 4.74 Å². The molecule has 3 aromatic rings. The lowest BCUT2D eigenvalue weighted by Crippen LogP contribution is -2.20. The van der Waals surface area contributed by atoms with E-state index in [-0.39, 0.29) is 6.61 Å². The van der Waals surface area contributed by atoms with Crippen molar-refractivity contribution in [3.8, 4) is 5.75 Å². The van der Waals surface area contributed by atoms with Crippen molar-refractivity contribution in [2.45, 2.75) is 44.5 Å². The van der Waals surface area contributed by atoms with Crippen LogP contribution in [0.25, 0.3) is 11.0 Å². The highest BCUT2D eigenvalue weighted by atomic mass is 32.2. The summed E-state index contributed by atoms with van der Waals surface area (Å²) >= 11 is 1.60. The van der Waals surface area contributed by atoms with Gasteiger partial charge >= 0.3 is 0 Å². The SMILES string of the molecule is Cc1ccc(OCCSc2nc3ccccc3n2CC(O)CO)c(C(C)C)c1. The van der Waals surface area contributed by atoms with Gasteiger partial charge in [0.15, 0.2) is 5.16 Å². The average molecular weight is 401 g/mol. The zero-order valence-electron chi connectivity index (χ0n) is 16.6. The molecule has 0 aliphatic rings. The fourth-order valence-electron chi connectivity index (χ4n) is 3.14. The van der Waals surface area contributed by atoms with Gasteiger partial charge in [0.2, 0.25) is 0 Å². The molecular weight excluding hydrogens is 372 g/mol. The Kier molecular flexibility index (Phi) is 6.99. The van der Waals surface area contributed by atoms with Gasteiger partial charge in [0, 0.05) is 5.75 Å². The topological polar surface area (TPSA) is 67.5 Å². The highest BCUT2D eigenvalue weighted by Crippen LogP contribution is 2.28. The minimum absolute atomic E-state index is 0.273. The van der Waals surface area contributed by atoms with Crippen LogP contribution in [0.15, 0.2) is 47.6 Å². The monoisotopic (exact) mass is 400 g/mol. The number of aromatic nitrogens is 2. The fourth-order valence-corrected chi connectivity index (χ4v) is 3.98. The average Bonchev–Trinajstić information content (AvgIpc) is 3.03. The van der Waals surface area contributed by atoms with Crippen molar-refractivity contribution >= 4 is 22.8 Å². The first-order valence-electron chi connectivity index (χ1n) is 9.60. The van der Waals surface area contributed by atoms with Crippen LogP contribution < -0.4 is 4.74 Å². The van der Waals surface area contributed by atoms with E-state index in [9.17, 15) is 10.2 Å². The minimum atomic E-state index is -0.811. The number of thioether (sulfide) groups is 1. The normalized spacial score (nSPS) is 12.6. The van der Waals surface area contributed by atoms with E-state index < -0.39 is 6.10 Å². The van der Waals surface area contributed by atoms with Gasteiger partial charge in [-0.05, 0) is 36.6 Å². The molecule has 0 fully saturated rings. The van der Waals surface area contributed by atoms with Crippen molar-refractivity contribution in [2.24, 2.45) is 0 Å². The molecule has 6 heteroatoms. The number of rotatable bonds is 9. The van der Waals surface area contributed by atoms with Crippen LogP contribution in [-0.4, -0.2) is 44.8 Å². The van der Waals surface area contributed by atoms with Crippen molar-refractivity contribution < 1.29 is 14.9 Å². The van der Waals surface area contributed by atoms with Gasteiger partial charge in [-0.1, -0.05) is 55.4 Å². The van der Waals surface area contributed by atoms with Crippen LogP contribution in [0.1, 0.15) is 30.9 Å². The number of aliphatic hydroxyl groups is 2. The first kappa shape index (κ1) is 20.7. The molecule has 0 radical (unpaired) electrons. The van der Waals surface area contributed by atoms with Crippen LogP contribution in [0.4, 0.5) is 0 Å². The summed E-state index contributed by atoms with van der Waals surface area (Å²) in [7, 11) is 0. The molecule has 5 nitrogen and oxygen atoms in total. The number of nitrogens with zero attached hydrogens (tertiary/aromatic N) is 2. The number of benzene rings is 2. The number of aliphatic hydroxyl groups excluding tert-OH is 2. The largest absolute Gasteiger partial charge is 0.492 e. The van der Waals surface area contributed by atoms with Gasteiger partial charge in [0.05, 0.1) is 36.9 Å². The number of hydrogen-bond donors (Lipinski definition) is 2. The van der Waals surface area contributed by atoms with Gasteiger partial charge in [-0.15, -0.1) is 0 Å². The maximum absolute atomic E-state index is 9.91. The molecule has 1 unspecified atom stereocenters. The molecule has 2 N–H and O–H groups in total. The van der Waals surface area contributed by atoms with Gasteiger partial charge in [0.25, 0.3) is 0 Å². The summed E-state index contributed by atoms with van der Waals surface area (Å²) in [4.78, 5) is 4.68. The van der Waals surface area contributed by atoms with Gasteiger partial charge < -0.3 is 19.5 Å². The van der Waals surface area contributed by atoms with E-state index in [1.807, 2.05) is 34.9 Å². The molecule has 0 saturated heterocycles. The first-order valence-corrected chi connectivity index (χ1v) is 10.6. The Morgan fingerprint density at radius 2 is 1.96 bits per heavy atom. The standard InChI is InChI=1S/C22H28N2O3S/c1-15(2)18-12-16(3)8-9-21(18)27-10-11-28-22-23-19-6-4-5-7-20(19)24(22)13-17(26)14-25/h4-9,12,15,17,25-26H,10-11,13-14H2,1-3H3. The van der Waals surface area contributed by atoms with Crippen molar-refractivity contribution in [2.75, 3.05) is 19.0 Å². The van der Waals surface area contributed by atoms with Gasteiger partial charge in [-0.3, -0.25) is 0 Å². The van der Waals surface area contributed by atoms with Crippen molar-refractivity contribution in [3.63, 3.8) is 0 Å². The van der Waals surface area contributed by atoms with Crippen molar-refractivity contribution in [1.82, 2.24) is 9.55 Å². The number of ether oxygens (including phenoxy) is 1. The zero-order chi connectivity index (χ0) is 20.1. The lowest BCUT2D eigenvalue weighted by atomic mass is 10.00. The third-order valence-electron chi connectivity index (χ3n) is 4.58. The van der Waals surface area contributed by atoms with Crippen LogP contribution in [0.2, 0.25) is 0 Å². The van der Waals surface area contributed by atoms with Crippen LogP contribution in [0, 0.1) is 6.92 Å². The molecule has 28 heavy (non-hydrogen) atoms. The Balaban J connectivity index is 1.68. The summed E-state index contributed by atoms with van der Waals surface area (Å²) in [6.07, 6.45) is -0.811. The van der Waals surface area contributed by atoms with E-state index in [0.29, 0.717) is 19.1 Å². The summed E-state index contributed by atoms with van der Waals surface area (Å²) in [5.74, 6) is 2.08. The second kappa shape index (κ2) is 9.45. The maximum Gasteiger partial charge on any atom is 0.169 e. The van der Waals surface area contributed by atoms with Gasteiger partial charge in [0.1, 0.15) is 5.75 Å². The van der Waals surface area contributed by atoms with E-state index in [0.717, 1.165) is 27.7 Å². The maximum atomic E-state index is 9.91. The lowest BCUT2D eigenvalue weighted by Gasteiger charge is -2.15. The lowest BCUT2D eigenvalue weighted by molar-refractivity contribution is 0.0802. The van der Waals surface area contributed by atoms with Crippen LogP contribution >= 0.6 is 11.8 Å². The van der Waals surface area contributed by atoms with Crippen LogP contribution in [-0.2, 0) is 6.54 Å². The Bertz CT molecular complexity index is 923. The third kappa shape index (κ3) is 4.87. The second-order valence-corrected chi connectivity index (χ2v) is 8.29. The van der Waals surface area contributed by atoms with E-state index in [1.165, 1.54) is 11.1 Å². The Hall–Kier alpha value is -2.02. The first-order chi connectivity index (χ1) is 13.5. The Morgan fingerprint density at radius 1 is 1.18 bits per heavy atom. The predicted molar refractivity (Wildman–Crippen MR) is 114 cm³/mol. The molecule has 2 aromatic carbocycles. The van der Waals surface area contributed by atoms with Gasteiger partial charge in [-0.25, -0.2) is 4.98 Å². The van der Waals surface area contributed by atoms with Gasteiger partial charge in [-0.2, -0.15) is 0 Å². The van der Waals surface area contributed by atoms with Crippen LogP contribution in [0.3, 0.4) is 0 Å². The summed E-state index contributed by atoms with van der Waals surface area (Å²) in [6.45, 7) is 7.05. The van der Waals surface area contributed by atoms with E-state index in [1.54, 1.807) is 11.8 Å². The third-order valence-corrected chi connectivity index (χ3v) is 5.52.